The van der Waals surface area contributed by atoms with Gasteiger partial charge in [-0.25, -0.2) is 0 Å². The van der Waals surface area contributed by atoms with Gasteiger partial charge in [-0.15, -0.1) is 0 Å². The molecule has 166 valence electrons. The highest BCUT2D eigenvalue weighted by Crippen LogP contribution is 2.44. The highest BCUT2D eigenvalue weighted by Gasteiger charge is 2.40. The van der Waals surface area contributed by atoms with Crippen LogP contribution in [0, 0.1) is 16.2 Å². The normalized spacial score (nSPS) is 15.2. The molecule has 0 spiro atoms. The Balaban J connectivity index is 4.61. The number of hydrogen-bond donors (Lipinski definition) is 2. The van der Waals surface area contributed by atoms with Gasteiger partial charge in [-0.2, -0.15) is 0 Å². The van der Waals surface area contributed by atoms with Crippen molar-refractivity contribution < 1.29 is 19.1 Å². The predicted molar refractivity (Wildman–Crippen MR) is 114 cm³/mol. The number of hydrogen-bond acceptors (Lipinski definition) is 5. The maximum Gasteiger partial charge on any atom is 0.220 e. The number of ketones is 1. The molecule has 28 heavy (non-hydrogen) atoms. The quantitative estimate of drug-likeness (QED) is 0.365. The summed E-state index contributed by atoms with van der Waals surface area (Å²) in [6.07, 6.45) is 0.826. The zero-order valence-electron chi connectivity index (χ0n) is 19.9. The van der Waals surface area contributed by atoms with Crippen LogP contribution in [-0.4, -0.2) is 50.8 Å². The zero-order valence-corrected chi connectivity index (χ0v) is 19.9. The van der Waals surface area contributed by atoms with E-state index in [4.69, 9.17) is 9.47 Å². The monoisotopic (exact) mass is 400 g/mol. The fourth-order valence-electron chi connectivity index (χ4n) is 2.82. The van der Waals surface area contributed by atoms with E-state index in [0.29, 0.717) is 32.6 Å². The van der Waals surface area contributed by atoms with Crippen LogP contribution in [-0.2, 0) is 19.1 Å². The van der Waals surface area contributed by atoms with E-state index in [0.717, 1.165) is 6.54 Å². The summed E-state index contributed by atoms with van der Waals surface area (Å²) in [5, 5.41) is 6.00. The molecule has 2 N–H and O–H groups in total. The van der Waals surface area contributed by atoms with E-state index in [1.54, 1.807) is 6.92 Å². The van der Waals surface area contributed by atoms with Gasteiger partial charge < -0.3 is 24.9 Å². The van der Waals surface area contributed by atoms with Crippen LogP contribution in [0.4, 0.5) is 0 Å². The van der Waals surface area contributed by atoms with Crippen molar-refractivity contribution in [2.75, 3.05) is 33.4 Å². The molecule has 1 atom stereocenters. The van der Waals surface area contributed by atoms with E-state index in [-0.39, 0.29) is 27.9 Å². The molecule has 6 heteroatoms. The Hall–Kier alpha value is -0.980. The lowest BCUT2D eigenvalue weighted by Crippen LogP contribution is -2.47. The van der Waals surface area contributed by atoms with Crippen LogP contribution in [0.5, 0.6) is 0 Å². The maximum atomic E-state index is 12.4. The maximum absolute atomic E-state index is 12.4. The van der Waals surface area contributed by atoms with Crippen LogP contribution in [0.1, 0.15) is 75.2 Å². The van der Waals surface area contributed by atoms with Gasteiger partial charge in [0.2, 0.25) is 5.91 Å². The Bertz CT molecular complexity index is 509. The molecule has 0 aromatic carbocycles. The first-order valence-corrected chi connectivity index (χ1v) is 10.3. The van der Waals surface area contributed by atoms with Gasteiger partial charge in [-0.1, -0.05) is 48.5 Å². The van der Waals surface area contributed by atoms with Crippen molar-refractivity contribution in [2.24, 2.45) is 16.2 Å². The fraction of sp³-hybridized carbons (Fsp3) is 0.909. The average Bonchev–Trinajstić information content (AvgIpc) is 2.49. The fourth-order valence-corrected chi connectivity index (χ4v) is 2.82. The minimum absolute atomic E-state index is 0.0289. The SMILES string of the molecule is CNCCOC(C)(OCCNC(=O)CC(C)(C)C(C)(C)CC(C)=O)C(C)(C)C. The molecule has 0 radical (unpaired) electrons. The summed E-state index contributed by atoms with van der Waals surface area (Å²) >= 11 is 0. The smallest absolute Gasteiger partial charge is 0.220 e. The van der Waals surface area contributed by atoms with Crippen molar-refractivity contribution in [1.29, 1.82) is 0 Å². The van der Waals surface area contributed by atoms with Crippen LogP contribution in [0.2, 0.25) is 0 Å². The van der Waals surface area contributed by atoms with Crippen molar-refractivity contribution in [2.45, 2.75) is 80.9 Å². The molecule has 0 aromatic rings. The lowest BCUT2D eigenvalue weighted by atomic mass is 9.64. The van der Waals surface area contributed by atoms with Gasteiger partial charge in [-0.05, 0) is 31.7 Å². The molecular weight excluding hydrogens is 356 g/mol. The first kappa shape index (κ1) is 27.0. The summed E-state index contributed by atoms with van der Waals surface area (Å²) in [5.74, 6) is -0.623. The van der Waals surface area contributed by atoms with Crippen molar-refractivity contribution in [3.63, 3.8) is 0 Å². The van der Waals surface area contributed by atoms with Gasteiger partial charge in [0.05, 0.1) is 13.2 Å². The first-order chi connectivity index (χ1) is 12.6. The van der Waals surface area contributed by atoms with Gasteiger partial charge in [0.15, 0.2) is 5.79 Å². The highest BCUT2D eigenvalue weighted by molar-refractivity contribution is 5.78. The van der Waals surface area contributed by atoms with E-state index in [1.165, 1.54) is 0 Å². The molecule has 0 saturated heterocycles. The second-order valence-corrected chi connectivity index (χ2v) is 10.2. The van der Waals surface area contributed by atoms with Crippen molar-refractivity contribution >= 4 is 11.7 Å². The molecular formula is C22H44N2O4. The van der Waals surface area contributed by atoms with Crippen LogP contribution < -0.4 is 10.6 Å². The molecule has 0 saturated carbocycles. The van der Waals surface area contributed by atoms with Gasteiger partial charge >= 0.3 is 0 Å². The number of Topliss-reactive ketones (excluding diaryl/α,β-unsaturated/α-hetero) is 1. The van der Waals surface area contributed by atoms with E-state index >= 15 is 0 Å². The van der Waals surface area contributed by atoms with Crippen LogP contribution in [0.3, 0.4) is 0 Å². The Labute approximate surface area is 172 Å². The lowest BCUT2D eigenvalue weighted by molar-refractivity contribution is -0.276. The van der Waals surface area contributed by atoms with Crippen molar-refractivity contribution in [3.05, 3.63) is 0 Å². The number of carbonyl (C=O) groups excluding carboxylic acids is 2. The second-order valence-electron chi connectivity index (χ2n) is 10.2. The van der Waals surface area contributed by atoms with Gasteiger partial charge in [0.1, 0.15) is 5.78 Å². The van der Waals surface area contributed by atoms with E-state index < -0.39 is 5.79 Å². The minimum Gasteiger partial charge on any atom is -0.354 e. The van der Waals surface area contributed by atoms with E-state index in [9.17, 15) is 9.59 Å². The van der Waals surface area contributed by atoms with E-state index in [2.05, 4.69) is 31.4 Å². The Morgan fingerprint density at radius 2 is 1.25 bits per heavy atom. The predicted octanol–water partition coefficient (Wildman–Crippen LogP) is 3.54. The number of rotatable bonds is 13. The van der Waals surface area contributed by atoms with Gasteiger partial charge in [0.25, 0.3) is 0 Å². The topological polar surface area (TPSA) is 76.7 Å². The third-order valence-electron chi connectivity index (χ3n) is 6.02. The Kier molecular flexibility index (Phi) is 10.3. The summed E-state index contributed by atoms with van der Waals surface area (Å²) in [4.78, 5) is 24.0. The number of carbonyl (C=O) groups is 2. The summed E-state index contributed by atoms with van der Waals surface area (Å²) in [5.41, 5.74) is -0.748. The molecule has 0 bridgehead atoms. The standard InChI is InChI=1S/C22H44N2O4/c1-17(25)15-20(5,6)21(7,8)16-18(26)24-12-14-28-22(9,19(2,3)4)27-13-11-23-10/h23H,11-16H2,1-10H3,(H,24,26). The summed E-state index contributed by atoms with van der Waals surface area (Å²) in [6.45, 7) is 20.0. The molecule has 0 aliphatic carbocycles. The highest BCUT2D eigenvalue weighted by atomic mass is 16.7. The zero-order chi connectivity index (χ0) is 22.2. The summed E-state index contributed by atoms with van der Waals surface area (Å²) < 4.78 is 12.0. The summed E-state index contributed by atoms with van der Waals surface area (Å²) in [6, 6.07) is 0. The van der Waals surface area contributed by atoms with Gasteiger partial charge in [-0.3, -0.25) is 4.79 Å². The van der Waals surface area contributed by atoms with E-state index in [1.807, 2.05) is 41.7 Å². The molecule has 0 aliphatic heterocycles. The molecule has 0 aliphatic rings. The molecule has 0 aromatic heterocycles. The number of ether oxygens (including phenoxy) is 2. The third kappa shape index (κ3) is 8.58. The van der Waals surface area contributed by atoms with Crippen LogP contribution in [0.25, 0.3) is 0 Å². The molecule has 1 unspecified atom stereocenters. The second kappa shape index (κ2) is 10.7. The molecule has 1 amide bonds. The molecule has 0 rings (SSSR count). The van der Waals surface area contributed by atoms with Crippen LogP contribution >= 0.6 is 0 Å². The van der Waals surface area contributed by atoms with Crippen molar-refractivity contribution in [3.8, 4) is 0 Å². The number of amides is 1. The Morgan fingerprint density at radius 1 is 0.786 bits per heavy atom. The minimum atomic E-state index is -0.739. The third-order valence-corrected chi connectivity index (χ3v) is 6.02. The van der Waals surface area contributed by atoms with Crippen LogP contribution in [0.15, 0.2) is 0 Å². The molecule has 0 fully saturated rings. The Morgan fingerprint density at radius 3 is 1.68 bits per heavy atom. The first-order valence-electron chi connectivity index (χ1n) is 10.3. The molecule has 0 heterocycles. The number of nitrogens with one attached hydrogen (secondary N) is 2. The van der Waals surface area contributed by atoms with Crippen molar-refractivity contribution in [1.82, 2.24) is 10.6 Å². The summed E-state index contributed by atoms with van der Waals surface area (Å²) in [7, 11) is 1.88. The molecule has 6 nitrogen and oxygen atoms in total. The number of likely N-dealkylation sites (N-methyl/N-ethyl adjacent to an activating group) is 1. The average molecular weight is 401 g/mol. The largest absolute Gasteiger partial charge is 0.354 e. The van der Waals surface area contributed by atoms with Gasteiger partial charge in [0, 0.05) is 31.3 Å². The lowest BCUT2D eigenvalue weighted by Gasteiger charge is -2.41.